The Labute approximate surface area is 113 Å². The summed E-state index contributed by atoms with van der Waals surface area (Å²) in [5, 5.41) is 1.51. The van der Waals surface area contributed by atoms with Crippen LogP contribution in [0.3, 0.4) is 0 Å². The van der Waals surface area contributed by atoms with Gasteiger partial charge in [0, 0.05) is 18.3 Å². The number of rotatable bonds is 4. The van der Waals surface area contributed by atoms with Crippen molar-refractivity contribution in [1.29, 1.82) is 0 Å². The fourth-order valence-corrected chi connectivity index (χ4v) is 3.45. The van der Waals surface area contributed by atoms with Crippen molar-refractivity contribution in [1.82, 2.24) is 0 Å². The van der Waals surface area contributed by atoms with Crippen molar-refractivity contribution < 1.29 is 0 Å². The summed E-state index contributed by atoms with van der Waals surface area (Å²) in [6.07, 6.45) is 3.82. The summed E-state index contributed by atoms with van der Waals surface area (Å²) in [5.74, 6) is 0. The molecule has 1 unspecified atom stereocenters. The first-order valence-corrected chi connectivity index (χ1v) is 10.5. The normalized spacial score (nSPS) is 20.2. The first-order valence-electron chi connectivity index (χ1n) is 6.98. The van der Waals surface area contributed by atoms with Gasteiger partial charge in [-0.3, -0.25) is 0 Å². The Morgan fingerprint density at radius 2 is 1.94 bits per heavy atom. The number of para-hydroxylation sites is 1. The summed E-state index contributed by atoms with van der Waals surface area (Å²) in [6, 6.07) is 11.5. The smallest absolute Gasteiger partial charge is 0.0717 e. The van der Waals surface area contributed by atoms with Crippen LogP contribution in [-0.4, -0.2) is 20.7 Å². The zero-order valence-corrected chi connectivity index (χ0v) is 12.9. The molecule has 1 atom stereocenters. The van der Waals surface area contributed by atoms with E-state index < -0.39 is 8.07 Å². The van der Waals surface area contributed by atoms with E-state index in [1.165, 1.54) is 36.7 Å². The van der Waals surface area contributed by atoms with Crippen LogP contribution >= 0.6 is 0 Å². The molecule has 2 heteroatoms. The van der Waals surface area contributed by atoms with Crippen molar-refractivity contribution in [3.8, 4) is 0 Å². The molecule has 0 N–H and O–H groups in total. The number of nitrogens with zero attached hydrogens (tertiary/aromatic N) is 1. The van der Waals surface area contributed by atoms with Gasteiger partial charge >= 0.3 is 0 Å². The van der Waals surface area contributed by atoms with Gasteiger partial charge in [-0.1, -0.05) is 43.0 Å². The molecule has 18 heavy (non-hydrogen) atoms. The Morgan fingerprint density at radius 3 is 2.56 bits per heavy atom. The molecule has 2 rings (SSSR count). The molecule has 1 fully saturated rings. The number of hydrogen-bond donors (Lipinski definition) is 0. The average molecular weight is 259 g/mol. The van der Waals surface area contributed by atoms with Crippen LogP contribution in [0.1, 0.15) is 19.3 Å². The lowest BCUT2D eigenvalue weighted by Crippen LogP contribution is -2.33. The molecule has 98 valence electrons. The van der Waals surface area contributed by atoms with Gasteiger partial charge in [0.05, 0.1) is 8.07 Å². The molecular weight excluding hydrogens is 234 g/mol. The van der Waals surface area contributed by atoms with Gasteiger partial charge in [-0.2, -0.15) is 0 Å². The van der Waals surface area contributed by atoms with Crippen LogP contribution in [0, 0.1) is 0 Å². The summed E-state index contributed by atoms with van der Waals surface area (Å²) in [6.45, 7) is 12.8. The van der Waals surface area contributed by atoms with Gasteiger partial charge < -0.3 is 4.90 Å². The minimum absolute atomic E-state index is 0.673. The van der Waals surface area contributed by atoms with Crippen molar-refractivity contribution in [2.45, 2.75) is 44.9 Å². The number of hydrogen-bond acceptors (Lipinski definition) is 1. The van der Waals surface area contributed by atoms with Crippen molar-refractivity contribution in [3.63, 3.8) is 0 Å². The lowest BCUT2D eigenvalue weighted by atomic mass is 10.1. The van der Waals surface area contributed by atoms with Crippen molar-refractivity contribution >= 4 is 13.8 Å². The Morgan fingerprint density at radius 1 is 1.28 bits per heavy atom. The second-order valence-corrected chi connectivity index (χ2v) is 11.6. The average Bonchev–Trinajstić information content (AvgIpc) is 2.77. The predicted octanol–water partition coefficient (Wildman–Crippen LogP) is 4.48. The van der Waals surface area contributed by atoms with Gasteiger partial charge in [0.1, 0.15) is 0 Å². The SMILES string of the molecule is C=C(CC1CCCN1c1ccccc1)[Si](C)(C)C. The zero-order valence-electron chi connectivity index (χ0n) is 11.9. The van der Waals surface area contributed by atoms with Gasteiger partial charge in [-0.25, -0.2) is 0 Å². The van der Waals surface area contributed by atoms with E-state index in [1.54, 1.807) is 0 Å². The maximum absolute atomic E-state index is 4.35. The van der Waals surface area contributed by atoms with Crippen LogP contribution in [0.25, 0.3) is 0 Å². The lowest BCUT2D eigenvalue weighted by Gasteiger charge is -2.30. The van der Waals surface area contributed by atoms with E-state index in [0.29, 0.717) is 6.04 Å². The van der Waals surface area contributed by atoms with E-state index in [-0.39, 0.29) is 0 Å². The molecule has 1 aliphatic rings. The molecule has 0 saturated carbocycles. The van der Waals surface area contributed by atoms with Crippen molar-refractivity contribution in [2.75, 3.05) is 11.4 Å². The minimum atomic E-state index is -1.18. The van der Waals surface area contributed by atoms with E-state index in [0.717, 1.165) is 0 Å². The summed E-state index contributed by atoms with van der Waals surface area (Å²) in [7, 11) is -1.18. The highest BCUT2D eigenvalue weighted by atomic mass is 28.3. The van der Waals surface area contributed by atoms with E-state index in [2.05, 4.69) is 61.5 Å². The molecule has 1 aromatic rings. The largest absolute Gasteiger partial charge is 0.368 e. The Kier molecular flexibility index (Phi) is 3.96. The van der Waals surface area contributed by atoms with E-state index in [9.17, 15) is 0 Å². The molecule has 1 nitrogen and oxygen atoms in total. The molecule has 1 heterocycles. The Balaban J connectivity index is 2.07. The minimum Gasteiger partial charge on any atom is -0.368 e. The van der Waals surface area contributed by atoms with Crippen LogP contribution in [0.2, 0.25) is 19.6 Å². The lowest BCUT2D eigenvalue weighted by molar-refractivity contribution is 0.670. The highest BCUT2D eigenvalue weighted by Crippen LogP contribution is 2.30. The van der Waals surface area contributed by atoms with Crippen molar-refractivity contribution in [3.05, 3.63) is 42.1 Å². The van der Waals surface area contributed by atoms with Gasteiger partial charge in [0.15, 0.2) is 0 Å². The fraction of sp³-hybridized carbons (Fsp3) is 0.500. The monoisotopic (exact) mass is 259 g/mol. The molecular formula is C16H25NSi. The first kappa shape index (κ1) is 13.4. The fourth-order valence-electron chi connectivity index (χ4n) is 2.60. The Bertz CT molecular complexity index is 405. The third-order valence-electron chi connectivity index (χ3n) is 4.01. The molecule has 0 bridgehead atoms. The van der Waals surface area contributed by atoms with E-state index >= 15 is 0 Å². The molecule has 1 aromatic carbocycles. The summed E-state index contributed by atoms with van der Waals surface area (Å²) >= 11 is 0. The third-order valence-corrected chi connectivity index (χ3v) is 6.33. The molecule has 1 saturated heterocycles. The van der Waals surface area contributed by atoms with E-state index in [1.807, 2.05) is 0 Å². The summed E-state index contributed by atoms with van der Waals surface area (Å²) < 4.78 is 0. The predicted molar refractivity (Wildman–Crippen MR) is 83.9 cm³/mol. The molecule has 0 radical (unpaired) electrons. The zero-order chi connectivity index (χ0) is 13.2. The third kappa shape index (κ3) is 3.05. The van der Waals surface area contributed by atoms with Gasteiger partial charge in [0.2, 0.25) is 0 Å². The number of anilines is 1. The van der Waals surface area contributed by atoms with Gasteiger partial charge in [0.25, 0.3) is 0 Å². The Hall–Kier alpha value is -1.02. The highest BCUT2D eigenvalue weighted by molar-refractivity contribution is 6.82. The van der Waals surface area contributed by atoms with E-state index in [4.69, 9.17) is 0 Å². The second-order valence-electron chi connectivity index (χ2n) is 6.38. The summed E-state index contributed by atoms with van der Waals surface area (Å²) in [4.78, 5) is 2.57. The molecule has 0 aromatic heterocycles. The molecule has 0 spiro atoms. The maximum Gasteiger partial charge on any atom is 0.0717 e. The van der Waals surface area contributed by atoms with Crippen LogP contribution in [0.15, 0.2) is 42.1 Å². The van der Waals surface area contributed by atoms with Crippen molar-refractivity contribution in [2.24, 2.45) is 0 Å². The standard InChI is InChI=1S/C16H25NSi/c1-14(18(2,3)4)13-16-11-8-12-17(16)15-9-6-5-7-10-15/h5-7,9-10,16H,1,8,11-13H2,2-4H3. The second kappa shape index (κ2) is 5.31. The molecule has 0 amide bonds. The first-order chi connectivity index (χ1) is 8.48. The number of benzene rings is 1. The van der Waals surface area contributed by atoms with Crippen LogP contribution in [0.5, 0.6) is 0 Å². The molecule has 1 aliphatic heterocycles. The van der Waals surface area contributed by atoms with Gasteiger partial charge in [-0.15, -0.1) is 6.58 Å². The van der Waals surface area contributed by atoms with Crippen LogP contribution in [0.4, 0.5) is 5.69 Å². The topological polar surface area (TPSA) is 3.24 Å². The van der Waals surface area contributed by atoms with Crippen LogP contribution in [-0.2, 0) is 0 Å². The highest BCUT2D eigenvalue weighted by Gasteiger charge is 2.28. The molecule has 0 aliphatic carbocycles. The quantitative estimate of drug-likeness (QED) is 0.721. The maximum atomic E-state index is 4.35. The van der Waals surface area contributed by atoms with Gasteiger partial charge in [-0.05, 0) is 31.4 Å². The van der Waals surface area contributed by atoms with Crippen LogP contribution < -0.4 is 4.90 Å². The summed E-state index contributed by atoms with van der Waals surface area (Å²) in [5.41, 5.74) is 1.38.